The molecule has 0 radical (unpaired) electrons. The summed E-state index contributed by atoms with van der Waals surface area (Å²) in [5.74, 6) is 1.51. The summed E-state index contributed by atoms with van der Waals surface area (Å²) in [6.07, 6.45) is 0.474. The van der Waals surface area contributed by atoms with Gasteiger partial charge in [-0.25, -0.2) is 13.1 Å². The molecule has 2 aromatic carbocycles. The van der Waals surface area contributed by atoms with Crippen LogP contribution in [-0.4, -0.2) is 47.2 Å². The van der Waals surface area contributed by atoms with E-state index < -0.39 is 15.6 Å². The highest BCUT2D eigenvalue weighted by atomic mass is 32.2. The number of sulfonamides is 1. The summed E-state index contributed by atoms with van der Waals surface area (Å²) in [6, 6.07) is 10.0. The van der Waals surface area contributed by atoms with E-state index in [1.807, 2.05) is 26.0 Å². The molecular weight excluding hydrogens is 420 g/mol. The Morgan fingerprint density at radius 2 is 1.84 bits per heavy atom. The minimum atomic E-state index is -3.77. The van der Waals surface area contributed by atoms with Crippen molar-refractivity contribution < 1.29 is 27.4 Å². The van der Waals surface area contributed by atoms with E-state index in [9.17, 15) is 13.2 Å². The van der Waals surface area contributed by atoms with Crippen molar-refractivity contribution in [2.75, 3.05) is 32.2 Å². The van der Waals surface area contributed by atoms with Gasteiger partial charge in [0.15, 0.2) is 11.5 Å². The Kier molecular flexibility index (Phi) is 6.47. The molecule has 0 bridgehead atoms. The number of fused-ring (bicyclic) bond motifs is 1. The molecule has 168 valence electrons. The molecule has 0 unspecified atom stereocenters. The first-order valence-corrected chi connectivity index (χ1v) is 11.4. The van der Waals surface area contributed by atoms with Crippen molar-refractivity contribution in [2.45, 2.75) is 37.7 Å². The van der Waals surface area contributed by atoms with E-state index >= 15 is 0 Å². The molecule has 2 aromatic rings. The topological polar surface area (TPSA) is 94.2 Å². The van der Waals surface area contributed by atoms with Crippen molar-refractivity contribution in [2.24, 2.45) is 0 Å². The summed E-state index contributed by atoms with van der Waals surface area (Å²) in [7, 11) is -0.660. The zero-order chi connectivity index (χ0) is 22.8. The highest BCUT2D eigenvalue weighted by Gasteiger charge is 2.34. The van der Waals surface area contributed by atoms with E-state index in [-0.39, 0.29) is 17.3 Å². The number of amides is 1. The van der Waals surface area contributed by atoms with Crippen molar-refractivity contribution in [3.63, 3.8) is 0 Å². The molecule has 0 atom stereocenters. The summed E-state index contributed by atoms with van der Waals surface area (Å²) in [5.41, 5.74) is 0.801. The molecule has 0 aromatic heterocycles. The summed E-state index contributed by atoms with van der Waals surface area (Å²) in [6.45, 7) is 5.76. The molecule has 9 heteroatoms. The molecule has 1 aliphatic heterocycles. The predicted molar refractivity (Wildman–Crippen MR) is 118 cm³/mol. The van der Waals surface area contributed by atoms with E-state index in [4.69, 9.17) is 14.2 Å². The quantitative estimate of drug-likeness (QED) is 0.700. The number of carbonyl (C=O) groups excluding carboxylic acids is 1. The second-order valence-electron chi connectivity index (χ2n) is 7.93. The fraction of sp³-hybridized carbons (Fsp3) is 0.409. The number of carbonyl (C=O) groups is 1. The van der Waals surface area contributed by atoms with Gasteiger partial charge in [0.05, 0.1) is 31.3 Å². The maximum Gasteiger partial charge on any atom is 0.240 e. The van der Waals surface area contributed by atoms with Gasteiger partial charge in [-0.1, -0.05) is 6.07 Å². The molecule has 0 saturated heterocycles. The fourth-order valence-electron chi connectivity index (χ4n) is 3.49. The van der Waals surface area contributed by atoms with Crippen molar-refractivity contribution in [1.29, 1.82) is 0 Å². The van der Waals surface area contributed by atoms with Gasteiger partial charge in [-0.15, -0.1) is 0 Å². The van der Waals surface area contributed by atoms with Gasteiger partial charge in [0.25, 0.3) is 0 Å². The summed E-state index contributed by atoms with van der Waals surface area (Å²) >= 11 is 0. The van der Waals surface area contributed by atoms with Crippen molar-refractivity contribution >= 4 is 21.6 Å². The fourth-order valence-corrected chi connectivity index (χ4v) is 4.54. The molecule has 31 heavy (non-hydrogen) atoms. The lowest BCUT2D eigenvalue weighted by Crippen LogP contribution is -2.48. The summed E-state index contributed by atoms with van der Waals surface area (Å²) < 4.78 is 44.7. The SMILES string of the molecule is COc1ccc(CCNS(=O)(=O)c2ccc3c(c2)N(C(C)=O)CC(C)(C)O3)cc1OC. The Morgan fingerprint density at radius 3 is 2.48 bits per heavy atom. The lowest BCUT2D eigenvalue weighted by atomic mass is 10.1. The van der Waals surface area contributed by atoms with Crippen LogP contribution in [0.5, 0.6) is 17.2 Å². The Labute approximate surface area is 183 Å². The molecule has 1 amide bonds. The monoisotopic (exact) mass is 448 g/mol. The molecule has 1 aliphatic rings. The normalized spacial score (nSPS) is 15.1. The van der Waals surface area contributed by atoms with Gasteiger partial charge in [0, 0.05) is 13.5 Å². The molecule has 8 nitrogen and oxygen atoms in total. The molecule has 1 N–H and O–H groups in total. The number of nitrogens with one attached hydrogen (secondary N) is 1. The van der Waals surface area contributed by atoms with Gasteiger partial charge in [-0.05, 0) is 56.2 Å². The number of hydrogen-bond acceptors (Lipinski definition) is 6. The molecule has 0 saturated carbocycles. The minimum Gasteiger partial charge on any atom is -0.493 e. The van der Waals surface area contributed by atoms with Crippen LogP contribution in [0, 0.1) is 0 Å². The smallest absolute Gasteiger partial charge is 0.240 e. The van der Waals surface area contributed by atoms with E-state index in [0.717, 1.165) is 5.56 Å². The highest BCUT2D eigenvalue weighted by Crippen LogP contribution is 2.38. The third kappa shape index (κ3) is 5.11. The predicted octanol–water partition coefficient (Wildman–Crippen LogP) is 2.75. The van der Waals surface area contributed by atoms with Crippen molar-refractivity contribution in [3.8, 4) is 17.2 Å². The third-order valence-electron chi connectivity index (χ3n) is 4.99. The lowest BCUT2D eigenvalue weighted by molar-refractivity contribution is -0.117. The number of rotatable bonds is 7. The van der Waals surface area contributed by atoms with Crippen molar-refractivity contribution in [3.05, 3.63) is 42.0 Å². The van der Waals surface area contributed by atoms with Gasteiger partial charge in [0.1, 0.15) is 11.4 Å². The maximum atomic E-state index is 12.8. The van der Waals surface area contributed by atoms with Crippen LogP contribution >= 0.6 is 0 Å². The molecule has 0 aliphatic carbocycles. The van der Waals surface area contributed by atoms with Gasteiger partial charge in [0.2, 0.25) is 15.9 Å². The Bertz CT molecular complexity index is 1080. The first kappa shape index (κ1) is 22.9. The summed E-state index contributed by atoms with van der Waals surface area (Å²) in [5, 5.41) is 0. The first-order valence-electron chi connectivity index (χ1n) is 9.88. The van der Waals surface area contributed by atoms with E-state index in [1.165, 1.54) is 19.1 Å². The van der Waals surface area contributed by atoms with Crippen LogP contribution in [0.4, 0.5) is 5.69 Å². The number of benzene rings is 2. The van der Waals surface area contributed by atoms with E-state index in [1.54, 1.807) is 31.3 Å². The van der Waals surface area contributed by atoms with Crippen LogP contribution in [0.2, 0.25) is 0 Å². The minimum absolute atomic E-state index is 0.0770. The standard InChI is InChI=1S/C22H28N2O6S/c1-15(25)24-14-22(2,3)30-19-9-7-17(13-18(19)24)31(26,27)23-11-10-16-6-8-20(28-4)21(12-16)29-5/h6-9,12-13,23H,10-11,14H2,1-5H3. The first-order chi connectivity index (χ1) is 14.6. The number of methoxy groups -OCH3 is 2. The van der Waals surface area contributed by atoms with Crippen LogP contribution in [0.25, 0.3) is 0 Å². The van der Waals surface area contributed by atoms with Gasteiger partial charge in [-0.3, -0.25) is 4.79 Å². The average Bonchev–Trinajstić information content (AvgIpc) is 2.71. The van der Waals surface area contributed by atoms with Crippen molar-refractivity contribution in [1.82, 2.24) is 4.72 Å². The van der Waals surface area contributed by atoms with Crippen LogP contribution < -0.4 is 23.8 Å². The molecule has 3 rings (SSSR count). The number of anilines is 1. The lowest BCUT2D eigenvalue weighted by Gasteiger charge is -2.39. The Hall–Kier alpha value is -2.78. The molecule has 0 fully saturated rings. The zero-order valence-corrected chi connectivity index (χ0v) is 19.2. The second-order valence-corrected chi connectivity index (χ2v) is 9.70. The van der Waals surface area contributed by atoms with Crippen LogP contribution in [-0.2, 0) is 21.2 Å². The van der Waals surface area contributed by atoms with E-state index in [2.05, 4.69) is 4.72 Å². The largest absolute Gasteiger partial charge is 0.493 e. The Balaban J connectivity index is 1.76. The maximum absolute atomic E-state index is 12.8. The van der Waals surface area contributed by atoms with E-state index in [0.29, 0.717) is 35.9 Å². The van der Waals surface area contributed by atoms with Gasteiger partial charge in [-0.2, -0.15) is 0 Å². The molecular formula is C22H28N2O6S. The van der Waals surface area contributed by atoms with Gasteiger partial charge >= 0.3 is 0 Å². The average molecular weight is 449 g/mol. The van der Waals surface area contributed by atoms with Crippen LogP contribution in [0.15, 0.2) is 41.3 Å². The van der Waals surface area contributed by atoms with Crippen LogP contribution in [0.1, 0.15) is 26.3 Å². The second kappa shape index (κ2) is 8.76. The molecule has 1 heterocycles. The number of hydrogen-bond donors (Lipinski definition) is 1. The zero-order valence-electron chi connectivity index (χ0n) is 18.4. The Morgan fingerprint density at radius 1 is 1.13 bits per heavy atom. The van der Waals surface area contributed by atoms with Gasteiger partial charge < -0.3 is 19.1 Å². The highest BCUT2D eigenvalue weighted by molar-refractivity contribution is 7.89. The number of nitrogens with zero attached hydrogens (tertiary/aromatic N) is 1. The summed E-state index contributed by atoms with van der Waals surface area (Å²) in [4.78, 5) is 13.7. The third-order valence-corrected chi connectivity index (χ3v) is 6.45. The molecule has 0 spiro atoms. The number of ether oxygens (including phenoxy) is 3. The van der Waals surface area contributed by atoms with Crippen LogP contribution in [0.3, 0.4) is 0 Å².